The molecule has 162 valence electrons. The molecule has 1 N–H and O–H groups in total. The number of carbonyl (C=O) groups is 1. The Morgan fingerprint density at radius 1 is 1.10 bits per heavy atom. The molecule has 0 atom stereocenters. The Kier molecular flexibility index (Phi) is 6.08. The highest BCUT2D eigenvalue weighted by molar-refractivity contribution is 7.89. The Labute approximate surface area is 185 Å². The molecule has 2 heterocycles. The number of phenols is 1. The SMILES string of the molecule is Cc1ccc(O)c(S(=O)(=O)N2CCN(C(=O)c3csc(Cc4ccccc4)n3)CC2)c1. The third-order valence-electron chi connectivity index (χ3n) is 5.23. The minimum atomic E-state index is -3.83. The number of hydrogen-bond acceptors (Lipinski definition) is 6. The number of piperazine rings is 1. The fraction of sp³-hybridized carbons (Fsp3) is 0.273. The fourth-order valence-corrected chi connectivity index (χ4v) is 5.91. The predicted molar refractivity (Wildman–Crippen MR) is 119 cm³/mol. The van der Waals surface area contributed by atoms with Crippen molar-refractivity contribution in [2.24, 2.45) is 0 Å². The highest BCUT2D eigenvalue weighted by Gasteiger charge is 2.32. The summed E-state index contributed by atoms with van der Waals surface area (Å²) < 4.78 is 27.2. The topological polar surface area (TPSA) is 90.8 Å². The second kappa shape index (κ2) is 8.78. The molecular formula is C22H23N3O4S2. The number of rotatable bonds is 5. The van der Waals surface area contributed by atoms with Crippen LogP contribution in [0.2, 0.25) is 0 Å². The lowest BCUT2D eigenvalue weighted by Crippen LogP contribution is -2.50. The molecule has 1 fully saturated rings. The molecule has 1 aliphatic heterocycles. The second-order valence-electron chi connectivity index (χ2n) is 7.46. The molecule has 4 rings (SSSR count). The van der Waals surface area contributed by atoms with Crippen molar-refractivity contribution in [3.63, 3.8) is 0 Å². The number of aromatic hydroxyl groups is 1. The number of nitrogens with zero attached hydrogens (tertiary/aromatic N) is 3. The van der Waals surface area contributed by atoms with Crippen molar-refractivity contribution in [1.82, 2.24) is 14.2 Å². The summed E-state index contributed by atoms with van der Waals surface area (Å²) in [6, 6.07) is 14.5. The van der Waals surface area contributed by atoms with Gasteiger partial charge in [-0.15, -0.1) is 11.3 Å². The number of hydrogen-bond donors (Lipinski definition) is 1. The van der Waals surface area contributed by atoms with E-state index in [2.05, 4.69) is 4.98 Å². The summed E-state index contributed by atoms with van der Waals surface area (Å²) >= 11 is 1.45. The van der Waals surface area contributed by atoms with Gasteiger partial charge in [0.05, 0.1) is 5.01 Å². The Hall–Kier alpha value is -2.75. The van der Waals surface area contributed by atoms with Crippen LogP contribution in [0.4, 0.5) is 0 Å². The molecule has 0 radical (unpaired) electrons. The van der Waals surface area contributed by atoms with E-state index in [1.54, 1.807) is 23.3 Å². The number of amides is 1. The molecule has 2 aromatic carbocycles. The lowest BCUT2D eigenvalue weighted by Gasteiger charge is -2.33. The zero-order valence-electron chi connectivity index (χ0n) is 17.1. The van der Waals surface area contributed by atoms with Crippen LogP contribution < -0.4 is 0 Å². The maximum Gasteiger partial charge on any atom is 0.273 e. The monoisotopic (exact) mass is 457 g/mol. The minimum Gasteiger partial charge on any atom is -0.507 e. The van der Waals surface area contributed by atoms with Gasteiger partial charge in [0.2, 0.25) is 10.0 Å². The van der Waals surface area contributed by atoms with Crippen molar-refractivity contribution in [3.05, 3.63) is 75.7 Å². The van der Waals surface area contributed by atoms with Gasteiger partial charge < -0.3 is 10.0 Å². The normalized spacial score (nSPS) is 15.2. The van der Waals surface area contributed by atoms with Crippen LogP contribution in [-0.4, -0.2) is 59.8 Å². The van der Waals surface area contributed by atoms with Crippen LogP contribution >= 0.6 is 11.3 Å². The van der Waals surface area contributed by atoms with Gasteiger partial charge in [0, 0.05) is 38.0 Å². The van der Waals surface area contributed by atoms with E-state index in [-0.39, 0.29) is 42.7 Å². The number of carbonyl (C=O) groups excluding carboxylic acids is 1. The van der Waals surface area contributed by atoms with Gasteiger partial charge in [0.25, 0.3) is 5.91 Å². The van der Waals surface area contributed by atoms with Crippen LogP contribution in [0, 0.1) is 6.92 Å². The van der Waals surface area contributed by atoms with Gasteiger partial charge in [0.15, 0.2) is 0 Å². The van der Waals surface area contributed by atoms with E-state index >= 15 is 0 Å². The number of aryl methyl sites for hydroxylation is 1. The first-order chi connectivity index (χ1) is 14.8. The maximum absolute atomic E-state index is 12.9. The van der Waals surface area contributed by atoms with E-state index in [0.29, 0.717) is 12.1 Å². The summed E-state index contributed by atoms with van der Waals surface area (Å²) in [5, 5.41) is 12.6. The van der Waals surface area contributed by atoms with E-state index in [4.69, 9.17) is 0 Å². The van der Waals surface area contributed by atoms with Crippen molar-refractivity contribution in [1.29, 1.82) is 0 Å². The largest absolute Gasteiger partial charge is 0.507 e. The summed E-state index contributed by atoms with van der Waals surface area (Å²) in [5.41, 5.74) is 2.28. The van der Waals surface area contributed by atoms with Gasteiger partial charge in [-0.05, 0) is 30.2 Å². The van der Waals surface area contributed by atoms with Crippen LogP contribution in [-0.2, 0) is 16.4 Å². The maximum atomic E-state index is 12.9. The van der Waals surface area contributed by atoms with E-state index in [0.717, 1.165) is 16.1 Å². The molecule has 31 heavy (non-hydrogen) atoms. The van der Waals surface area contributed by atoms with Crippen LogP contribution in [0.3, 0.4) is 0 Å². The molecule has 0 saturated carbocycles. The molecule has 1 aromatic heterocycles. The van der Waals surface area contributed by atoms with Gasteiger partial charge in [-0.25, -0.2) is 13.4 Å². The summed E-state index contributed by atoms with van der Waals surface area (Å²) in [6.07, 6.45) is 0.671. The van der Waals surface area contributed by atoms with Gasteiger partial charge in [0.1, 0.15) is 16.3 Å². The van der Waals surface area contributed by atoms with Gasteiger partial charge in [-0.3, -0.25) is 4.79 Å². The first kappa shape index (κ1) is 21.5. The molecule has 0 bridgehead atoms. The number of benzene rings is 2. The first-order valence-corrected chi connectivity index (χ1v) is 12.2. The third-order valence-corrected chi connectivity index (χ3v) is 8.00. The summed E-state index contributed by atoms with van der Waals surface area (Å²) in [6.45, 7) is 2.66. The molecule has 9 heteroatoms. The van der Waals surface area contributed by atoms with Crippen molar-refractivity contribution in [2.45, 2.75) is 18.2 Å². The van der Waals surface area contributed by atoms with E-state index < -0.39 is 10.0 Å². The molecule has 3 aromatic rings. The summed E-state index contributed by atoms with van der Waals surface area (Å²) in [7, 11) is -3.83. The molecule has 7 nitrogen and oxygen atoms in total. The van der Waals surface area contributed by atoms with Crippen LogP contribution in [0.15, 0.2) is 58.8 Å². The molecule has 0 unspecified atom stereocenters. The standard InChI is InChI=1S/C22H23N3O4S2/c1-16-7-8-19(26)20(13-16)31(28,29)25-11-9-24(10-12-25)22(27)18-15-30-21(23-18)14-17-5-3-2-4-6-17/h2-8,13,15,26H,9-12,14H2,1H3. The molecule has 1 aliphatic rings. The quantitative estimate of drug-likeness (QED) is 0.636. The lowest BCUT2D eigenvalue weighted by atomic mass is 10.2. The lowest BCUT2D eigenvalue weighted by molar-refractivity contribution is 0.0692. The van der Waals surface area contributed by atoms with E-state index in [1.807, 2.05) is 30.3 Å². The van der Waals surface area contributed by atoms with Gasteiger partial charge in [-0.1, -0.05) is 36.4 Å². The van der Waals surface area contributed by atoms with E-state index in [9.17, 15) is 18.3 Å². The van der Waals surface area contributed by atoms with Crippen LogP contribution in [0.5, 0.6) is 5.75 Å². The smallest absolute Gasteiger partial charge is 0.273 e. The van der Waals surface area contributed by atoms with Crippen molar-refractivity contribution < 1.29 is 18.3 Å². The predicted octanol–water partition coefficient (Wildman–Crippen LogP) is 2.89. The highest BCUT2D eigenvalue weighted by atomic mass is 32.2. The Balaban J connectivity index is 1.41. The molecular weight excluding hydrogens is 434 g/mol. The molecule has 1 saturated heterocycles. The van der Waals surface area contributed by atoms with Gasteiger partial charge in [-0.2, -0.15) is 4.31 Å². The van der Waals surface area contributed by atoms with Crippen molar-refractivity contribution >= 4 is 27.3 Å². The summed E-state index contributed by atoms with van der Waals surface area (Å²) in [5.74, 6) is -0.455. The van der Waals surface area contributed by atoms with E-state index in [1.165, 1.54) is 27.8 Å². The van der Waals surface area contributed by atoms with Crippen molar-refractivity contribution in [2.75, 3.05) is 26.2 Å². The third kappa shape index (κ3) is 4.63. The fourth-order valence-electron chi connectivity index (χ4n) is 3.52. The molecule has 1 amide bonds. The zero-order valence-corrected chi connectivity index (χ0v) is 18.7. The van der Waals surface area contributed by atoms with Crippen molar-refractivity contribution in [3.8, 4) is 5.75 Å². The van der Waals surface area contributed by atoms with Crippen LogP contribution in [0.1, 0.15) is 26.6 Å². The number of thiazole rings is 1. The average Bonchev–Trinajstić information content (AvgIpc) is 3.24. The number of phenolic OH excluding ortho intramolecular Hbond substituents is 1. The Morgan fingerprint density at radius 3 is 2.52 bits per heavy atom. The Morgan fingerprint density at radius 2 is 1.81 bits per heavy atom. The molecule has 0 aliphatic carbocycles. The molecule has 0 spiro atoms. The Bertz CT molecular complexity index is 1180. The highest BCUT2D eigenvalue weighted by Crippen LogP contribution is 2.27. The second-order valence-corrected chi connectivity index (χ2v) is 10.3. The number of aromatic nitrogens is 1. The van der Waals surface area contributed by atoms with Crippen LogP contribution in [0.25, 0.3) is 0 Å². The minimum absolute atomic E-state index is 0.0997. The zero-order chi connectivity index (χ0) is 22.0. The first-order valence-electron chi connectivity index (χ1n) is 9.92. The average molecular weight is 458 g/mol. The van der Waals surface area contributed by atoms with Gasteiger partial charge >= 0.3 is 0 Å². The number of sulfonamides is 1. The summed E-state index contributed by atoms with van der Waals surface area (Å²) in [4.78, 5) is 18.9.